The normalized spacial score (nSPS) is 18.5. The van der Waals surface area contributed by atoms with Crippen molar-refractivity contribution in [1.29, 1.82) is 0 Å². The first-order valence-corrected chi connectivity index (χ1v) is 10.6. The third kappa shape index (κ3) is 4.07. The molecule has 2 aromatic carbocycles. The van der Waals surface area contributed by atoms with Gasteiger partial charge in [-0.1, -0.05) is 30.3 Å². The van der Waals surface area contributed by atoms with Crippen LogP contribution in [0, 0.1) is 13.8 Å². The number of carbonyl (C=O) groups excluding carboxylic acids is 1. The van der Waals surface area contributed by atoms with E-state index in [-0.39, 0.29) is 30.0 Å². The minimum atomic E-state index is -3.08. The fourth-order valence-corrected chi connectivity index (χ4v) is 5.02. The zero-order valence-corrected chi connectivity index (χ0v) is 15.9. The van der Waals surface area contributed by atoms with Crippen LogP contribution < -0.4 is 10.2 Å². The van der Waals surface area contributed by atoms with E-state index < -0.39 is 9.84 Å². The molecule has 1 N–H and O–H groups in total. The van der Waals surface area contributed by atoms with Crippen molar-refractivity contribution in [1.82, 2.24) is 0 Å². The Bertz CT molecular complexity index is 895. The number of aryl methyl sites for hydroxylation is 1. The summed E-state index contributed by atoms with van der Waals surface area (Å²) in [5, 5.41) is 3.21. The summed E-state index contributed by atoms with van der Waals surface area (Å²) in [6.07, 6.45) is 0.479. The highest BCUT2D eigenvalue weighted by atomic mass is 32.2. The molecule has 0 unspecified atom stereocenters. The van der Waals surface area contributed by atoms with Crippen LogP contribution in [0.25, 0.3) is 0 Å². The van der Waals surface area contributed by atoms with Crippen molar-refractivity contribution in [3.05, 3.63) is 59.7 Å². The molecule has 0 bridgehead atoms. The van der Waals surface area contributed by atoms with Crippen molar-refractivity contribution in [2.45, 2.75) is 26.3 Å². The quantitative estimate of drug-likeness (QED) is 0.876. The number of para-hydroxylation sites is 1. The van der Waals surface area contributed by atoms with E-state index >= 15 is 0 Å². The SMILES string of the molecule is Cc1cccc(NCC(=O)N(c2ccccc2)[C@H]2CCS(=O)(=O)C2)c1C. The van der Waals surface area contributed by atoms with Gasteiger partial charge in [0.15, 0.2) is 9.84 Å². The highest BCUT2D eigenvalue weighted by molar-refractivity contribution is 7.91. The van der Waals surface area contributed by atoms with E-state index in [1.54, 1.807) is 4.90 Å². The Balaban J connectivity index is 1.80. The number of hydrogen-bond acceptors (Lipinski definition) is 4. The molecular weight excluding hydrogens is 348 g/mol. The van der Waals surface area contributed by atoms with Crippen molar-refractivity contribution in [3.63, 3.8) is 0 Å². The van der Waals surface area contributed by atoms with Crippen LogP contribution in [0.4, 0.5) is 11.4 Å². The van der Waals surface area contributed by atoms with Crippen molar-refractivity contribution in [3.8, 4) is 0 Å². The molecule has 26 heavy (non-hydrogen) atoms. The number of anilines is 2. The molecule has 0 aromatic heterocycles. The zero-order valence-electron chi connectivity index (χ0n) is 15.1. The molecule has 0 radical (unpaired) electrons. The number of benzene rings is 2. The van der Waals surface area contributed by atoms with E-state index in [9.17, 15) is 13.2 Å². The van der Waals surface area contributed by atoms with Gasteiger partial charge in [0.25, 0.3) is 0 Å². The molecule has 6 heteroatoms. The number of nitrogens with one attached hydrogen (secondary N) is 1. The Morgan fingerprint density at radius 3 is 2.50 bits per heavy atom. The lowest BCUT2D eigenvalue weighted by molar-refractivity contribution is -0.117. The minimum Gasteiger partial charge on any atom is -0.376 e. The zero-order chi connectivity index (χ0) is 18.7. The van der Waals surface area contributed by atoms with E-state index in [4.69, 9.17) is 0 Å². The predicted octanol–water partition coefficient (Wildman–Crippen LogP) is 2.94. The van der Waals surface area contributed by atoms with Crippen molar-refractivity contribution in [2.75, 3.05) is 28.3 Å². The van der Waals surface area contributed by atoms with Crippen LogP contribution in [0.5, 0.6) is 0 Å². The van der Waals surface area contributed by atoms with E-state index in [1.165, 1.54) is 0 Å². The van der Waals surface area contributed by atoms with Gasteiger partial charge >= 0.3 is 0 Å². The van der Waals surface area contributed by atoms with Gasteiger partial charge < -0.3 is 10.2 Å². The van der Waals surface area contributed by atoms with E-state index in [0.717, 1.165) is 22.5 Å². The smallest absolute Gasteiger partial charge is 0.246 e. The molecule has 3 rings (SSSR count). The first-order valence-electron chi connectivity index (χ1n) is 8.75. The van der Waals surface area contributed by atoms with Gasteiger partial charge in [-0.15, -0.1) is 0 Å². The van der Waals surface area contributed by atoms with Gasteiger partial charge in [-0.2, -0.15) is 0 Å². The van der Waals surface area contributed by atoms with E-state index in [2.05, 4.69) is 5.32 Å². The highest BCUT2D eigenvalue weighted by Crippen LogP contribution is 2.25. The molecule has 1 aliphatic rings. The Kier molecular flexibility index (Phi) is 5.32. The van der Waals surface area contributed by atoms with Crippen molar-refractivity contribution in [2.24, 2.45) is 0 Å². The number of carbonyl (C=O) groups is 1. The summed E-state index contributed by atoms with van der Waals surface area (Å²) >= 11 is 0. The van der Waals surface area contributed by atoms with Gasteiger partial charge in [-0.3, -0.25) is 4.79 Å². The number of sulfone groups is 1. The second-order valence-corrected chi connectivity index (χ2v) is 8.99. The van der Waals surface area contributed by atoms with Crippen LogP contribution in [-0.2, 0) is 14.6 Å². The summed E-state index contributed by atoms with van der Waals surface area (Å²) < 4.78 is 23.8. The van der Waals surface area contributed by atoms with Gasteiger partial charge in [0.1, 0.15) is 0 Å². The largest absolute Gasteiger partial charge is 0.376 e. The van der Waals surface area contributed by atoms with Crippen LogP contribution >= 0.6 is 0 Å². The van der Waals surface area contributed by atoms with Crippen LogP contribution in [-0.4, -0.2) is 38.4 Å². The maximum absolute atomic E-state index is 13.0. The monoisotopic (exact) mass is 372 g/mol. The van der Waals surface area contributed by atoms with E-state index in [0.29, 0.717) is 6.42 Å². The third-order valence-corrected chi connectivity index (χ3v) is 6.66. The lowest BCUT2D eigenvalue weighted by Crippen LogP contribution is -2.44. The van der Waals surface area contributed by atoms with Gasteiger partial charge in [0.05, 0.1) is 24.1 Å². The van der Waals surface area contributed by atoms with Crippen LogP contribution in [0.15, 0.2) is 48.5 Å². The molecule has 1 atom stereocenters. The minimum absolute atomic E-state index is 0.0249. The van der Waals surface area contributed by atoms with Gasteiger partial charge in [-0.05, 0) is 49.6 Å². The molecule has 1 aliphatic heterocycles. The summed E-state index contributed by atoms with van der Waals surface area (Å²) in [4.78, 5) is 14.6. The number of hydrogen-bond donors (Lipinski definition) is 1. The van der Waals surface area contributed by atoms with E-state index in [1.807, 2.05) is 62.4 Å². The lowest BCUT2D eigenvalue weighted by Gasteiger charge is -2.29. The third-order valence-electron chi connectivity index (χ3n) is 4.91. The molecule has 0 spiro atoms. The summed E-state index contributed by atoms with van der Waals surface area (Å²) in [6.45, 7) is 4.17. The topological polar surface area (TPSA) is 66.5 Å². The molecule has 1 heterocycles. The molecule has 2 aromatic rings. The molecule has 1 fully saturated rings. The molecule has 138 valence electrons. The first kappa shape index (κ1) is 18.5. The Labute approximate surface area is 154 Å². The summed E-state index contributed by atoms with van der Waals surface area (Å²) in [5.74, 6) is 0.0368. The second kappa shape index (κ2) is 7.50. The maximum atomic E-state index is 13.0. The summed E-state index contributed by atoms with van der Waals surface area (Å²) in [6, 6.07) is 14.9. The first-order chi connectivity index (χ1) is 12.4. The summed E-state index contributed by atoms with van der Waals surface area (Å²) in [7, 11) is -3.08. The molecular formula is C20H24N2O3S. The van der Waals surface area contributed by atoms with Crippen molar-refractivity contribution >= 4 is 27.1 Å². The molecule has 0 aliphatic carbocycles. The fraction of sp³-hybridized carbons (Fsp3) is 0.350. The highest BCUT2D eigenvalue weighted by Gasteiger charge is 2.35. The molecule has 5 nitrogen and oxygen atoms in total. The van der Waals surface area contributed by atoms with Gasteiger partial charge in [0, 0.05) is 11.4 Å². The maximum Gasteiger partial charge on any atom is 0.246 e. The fourth-order valence-electron chi connectivity index (χ4n) is 3.32. The lowest BCUT2D eigenvalue weighted by atomic mass is 10.1. The molecule has 0 saturated carbocycles. The number of amides is 1. The van der Waals surface area contributed by atoms with Crippen LogP contribution in [0.3, 0.4) is 0 Å². The Morgan fingerprint density at radius 1 is 1.12 bits per heavy atom. The Hall–Kier alpha value is -2.34. The average molecular weight is 372 g/mol. The van der Waals surface area contributed by atoms with Crippen LogP contribution in [0.2, 0.25) is 0 Å². The molecule has 1 saturated heterocycles. The van der Waals surface area contributed by atoms with Crippen LogP contribution in [0.1, 0.15) is 17.5 Å². The number of nitrogens with zero attached hydrogens (tertiary/aromatic N) is 1. The second-order valence-electron chi connectivity index (χ2n) is 6.76. The molecule has 1 amide bonds. The Morgan fingerprint density at radius 2 is 1.85 bits per heavy atom. The van der Waals surface area contributed by atoms with Gasteiger partial charge in [-0.25, -0.2) is 8.42 Å². The van der Waals surface area contributed by atoms with Crippen molar-refractivity contribution < 1.29 is 13.2 Å². The number of rotatable bonds is 5. The summed E-state index contributed by atoms with van der Waals surface area (Å²) in [5.41, 5.74) is 3.92. The average Bonchev–Trinajstić information content (AvgIpc) is 2.97. The van der Waals surface area contributed by atoms with Gasteiger partial charge in [0.2, 0.25) is 5.91 Å². The predicted molar refractivity (Wildman–Crippen MR) is 105 cm³/mol. The standard InChI is InChI=1S/C20H24N2O3S/c1-15-7-6-10-19(16(15)2)21-13-20(23)22(17-8-4-3-5-9-17)18-11-12-26(24,25)14-18/h3-10,18,21H,11-14H2,1-2H3/t18-/m0/s1.